The van der Waals surface area contributed by atoms with Gasteiger partial charge in [-0.3, -0.25) is 14.1 Å². The molecule has 12 nitrogen and oxygen atoms in total. The first-order chi connectivity index (χ1) is 21.6. The second-order valence-corrected chi connectivity index (χ2v) is 14.8. The second kappa shape index (κ2) is 12.5. The SMILES string of the molecule is CCN(C)S(=O)(=O)Nc1ccc(F)c(Oc2ccc3ncn(C4CCC5(CC4)CCN(C(=O)OC(C)(C)C)C5)c(=O)c3c2)c1C#N. The van der Waals surface area contributed by atoms with E-state index >= 15 is 0 Å². The van der Waals surface area contributed by atoms with Crippen LogP contribution >= 0.6 is 0 Å². The van der Waals surface area contributed by atoms with Crippen LogP contribution in [-0.4, -0.2) is 65.6 Å². The predicted molar refractivity (Wildman–Crippen MR) is 170 cm³/mol. The van der Waals surface area contributed by atoms with Gasteiger partial charge in [0.2, 0.25) is 0 Å². The molecule has 0 atom stereocenters. The summed E-state index contributed by atoms with van der Waals surface area (Å²) in [6, 6.07) is 8.42. The molecule has 2 aliphatic rings. The summed E-state index contributed by atoms with van der Waals surface area (Å²) < 4.78 is 56.4. The van der Waals surface area contributed by atoms with Gasteiger partial charge in [-0.15, -0.1) is 0 Å². The van der Waals surface area contributed by atoms with Gasteiger partial charge in [0.15, 0.2) is 11.6 Å². The number of likely N-dealkylation sites (tertiary alicyclic amines) is 1. The van der Waals surface area contributed by atoms with Crippen molar-refractivity contribution >= 4 is 32.9 Å². The molecular formula is C32H39FN6O6S. The molecule has 1 aliphatic heterocycles. The van der Waals surface area contributed by atoms with E-state index in [4.69, 9.17) is 9.47 Å². The van der Waals surface area contributed by atoms with Crippen LogP contribution in [0.15, 0.2) is 41.5 Å². The first-order valence-electron chi connectivity index (χ1n) is 15.3. The number of aromatic nitrogens is 2. The van der Waals surface area contributed by atoms with Crippen molar-refractivity contribution in [3.8, 4) is 17.6 Å². The Hall–Kier alpha value is -4.22. The quantitative estimate of drug-likeness (QED) is 0.349. The minimum absolute atomic E-state index is 0.000495. The van der Waals surface area contributed by atoms with Crippen molar-refractivity contribution in [1.82, 2.24) is 18.8 Å². The lowest BCUT2D eigenvalue weighted by Gasteiger charge is -2.37. The molecule has 0 unspecified atom stereocenters. The topological polar surface area (TPSA) is 147 Å². The number of hydrogen-bond donors (Lipinski definition) is 1. The number of hydrogen-bond acceptors (Lipinski definition) is 8. The molecular weight excluding hydrogens is 615 g/mol. The highest BCUT2D eigenvalue weighted by molar-refractivity contribution is 7.90. The molecule has 2 fully saturated rings. The summed E-state index contributed by atoms with van der Waals surface area (Å²) >= 11 is 0. The number of nitrogens with zero attached hydrogens (tertiary/aromatic N) is 5. The molecule has 3 aromatic rings. The summed E-state index contributed by atoms with van der Waals surface area (Å²) in [4.78, 5) is 32.6. The third kappa shape index (κ3) is 6.80. The lowest BCUT2D eigenvalue weighted by atomic mass is 9.72. The van der Waals surface area contributed by atoms with E-state index in [1.54, 1.807) is 28.8 Å². The molecule has 2 heterocycles. The van der Waals surface area contributed by atoms with E-state index in [2.05, 4.69) is 9.71 Å². The molecule has 1 amide bonds. The maximum absolute atomic E-state index is 15.0. The molecule has 14 heteroatoms. The van der Waals surface area contributed by atoms with Crippen molar-refractivity contribution in [2.45, 2.75) is 71.4 Å². The number of benzene rings is 2. The minimum atomic E-state index is -3.99. The number of carbonyl (C=O) groups is 1. The van der Waals surface area contributed by atoms with Gasteiger partial charge in [0.1, 0.15) is 23.0 Å². The van der Waals surface area contributed by atoms with E-state index in [1.165, 1.54) is 19.2 Å². The number of rotatable bonds is 7. The molecule has 2 aromatic carbocycles. The van der Waals surface area contributed by atoms with Crippen LogP contribution in [0.2, 0.25) is 0 Å². The van der Waals surface area contributed by atoms with Crippen LogP contribution in [0.5, 0.6) is 11.5 Å². The van der Waals surface area contributed by atoms with E-state index in [0.717, 1.165) is 48.5 Å². The van der Waals surface area contributed by atoms with Gasteiger partial charge in [-0.05, 0) is 88.6 Å². The van der Waals surface area contributed by atoms with Gasteiger partial charge in [0.25, 0.3) is 5.56 Å². The maximum Gasteiger partial charge on any atom is 0.410 e. The van der Waals surface area contributed by atoms with Crippen molar-refractivity contribution in [1.29, 1.82) is 5.26 Å². The number of ether oxygens (including phenoxy) is 2. The molecule has 1 saturated heterocycles. The van der Waals surface area contributed by atoms with E-state index in [9.17, 15) is 27.7 Å². The number of anilines is 1. The van der Waals surface area contributed by atoms with E-state index < -0.39 is 27.4 Å². The summed E-state index contributed by atoms with van der Waals surface area (Å²) in [7, 11) is -2.62. The largest absolute Gasteiger partial charge is 0.453 e. The Kier molecular flexibility index (Phi) is 9.03. The van der Waals surface area contributed by atoms with Crippen molar-refractivity contribution in [2.75, 3.05) is 31.4 Å². The Labute approximate surface area is 267 Å². The maximum atomic E-state index is 15.0. The van der Waals surface area contributed by atoms with E-state index in [0.29, 0.717) is 18.6 Å². The summed E-state index contributed by atoms with van der Waals surface area (Å²) in [5.74, 6) is -1.26. The van der Waals surface area contributed by atoms with Crippen LogP contribution in [0.25, 0.3) is 10.9 Å². The highest BCUT2D eigenvalue weighted by Gasteiger charge is 2.43. The number of nitriles is 1. The molecule has 1 N–H and O–H groups in total. The van der Waals surface area contributed by atoms with Gasteiger partial charge in [-0.1, -0.05) is 6.92 Å². The monoisotopic (exact) mass is 654 g/mol. The van der Waals surface area contributed by atoms with Gasteiger partial charge in [0, 0.05) is 32.7 Å². The summed E-state index contributed by atoms with van der Waals surface area (Å²) in [6.45, 7) is 8.68. The molecule has 1 spiro atoms. The fourth-order valence-electron chi connectivity index (χ4n) is 6.11. The molecule has 5 rings (SSSR count). The Morgan fingerprint density at radius 3 is 2.59 bits per heavy atom. The van der Waals surface area contributed by atoms with Crippen LogP contribution in [-0.2, 0) is 14.9 Å². The Balaban J connectivity index is 1.35. The van der Waals surface area contributed by atoms with Gasteiger partial charge in [-0.2, -0.15) is 18.0 Å². The lowest BCUT2D eigenvalue weighted by molar-refractivity contribution is 0.0257. The normalized spacial score (nSPS) is 20.2. The average molecular weight is 655 g/mol. The first-order valence-corrected chi connectivity index (χ1v) is 16.7. The molecule has 1 saturated carbocycles. The Bertz CT molecular complexity index is 1860. The van der Waals surface area contributed by atoms with E-state index in [-0.39, 0.29) is 52.0 Å². The fraction of sp³-hybridized carbons (Fsp3) is 0.500. The Morgan fingerprint density at radius 2 is 1.93 bits per heavy atom. The van der Waals surface area contributed by atoms with E-state index in [1.807, 2.05) is 26.8 Å². The molecule has 0 bridgehead atoms. The zero-order valence-corrected chi connectivity index (χ0v) is 27.5. The van der Waals surface area contributed by atoms with Crippen LogP contribution < -0.4 is 15.0 Å². The Morgan fingerprint density at radius 1 is 1.22 bits per heavy atom. The van der Waals surface area contributed by atoms with Gasteiger partial charge in [0.05, 0.1) is 22.9 Å². The smallest absolute Gasteiger partial charge is 0.410 e. The molecule has 1 aromatic heterocycles. The van der Waals surface area contributed by atoms with Gasteiger partial charge < -0.3 is 14.4 Å². The highest BCUT2D eigenvalue weighted by atomic mass is 32.2. The molecule has 46 heavy (non-hydrogen) atoms. The van der Waals surface area contributed by atoms with Crippen LogP contribution in [0, 0.1) is 22.6 Å². The third-order valence-electron chi connectivity index (χ3n) is 8.79. The van der Waals surface area contributed by atoms with Crippen molar-refractivity contribution in [3.05, 3.63) is 58.4 Å². The first kappa shape index (κ1) is 33.2. The summed E-state index contributed by atoms with van der Waals surface area (Å²) in [5.41, 5.74) is -0.889. The molecule has 1 aliphatic carbocycles. The zero-order chi connectivity index (χ0) is 33.4. The van der Waals surface area contributed by atoms with Crippen molar-refractivity contribution in [3.63, 3.8) is 0 Å². The molecule has 246 valence electrons. The number of fused-ring (bicyclic) bond motifs is 1. The third-order valence-corrected chi connectivity index (χ3v) is 10.3. The fourth-order valence-corrected chi connectivity index (χ4v) is 7.06. The standard InChI is InChI=1S/C32H39FN6O6S/c1-6-37(5)46(42,43)36-27-10-8-25(33)28(24(27)18-34)44-22-7-9-26-23(17-22)29(40)39(20-35-26)21-11-13-32(14-12-21)15-16-38(19-32)30(41)45-31(2,3)4/h7-10,17,20-21,36H,6,11-16,19H2,1-5H3. The predicted octanol–water partition coefficient (Wildman–Crippen LogP) is 5.55. The summed E-state index contributed by atoms with van der Waals surface area (Å²) in [6.07, 6.45) is 5.36. The highest BCUT2D eigenvalue weighted by Crippen LogP contribution is 2.47. The number of carbonyl (C=O) groups excluding carboxylic acids is 1. The lowest BCUT2D eigenvalue weighted by Crippen LogP contribution is -2.38. The number of amides is 1. The van der Waals surface area contributed by atoms with Crippen LogP contribution in [0.4, 0.5) is 14.9 Å². The van der Waals surface area contributed by atoms with Crippen LogP contribution in [0.1, 0.15) is 71.4 Å². The minimum Gasteiger partial charge on any atom is -0.453 e. The summed E-state index contributed by atoms with van der Waals surface area (Å²) in [5, 5.41) is 10.1. The van der Waals surface area contributed by atoms with Gasteiger partial charge in [-0.25, -0.2) is 14.2 Å². The van der Waals surface area contributed by atoms with Crippen LogP contribution in [0.3, 0.4) is 0 Å². The second-order valence-electron chi connectivity index (χ2n) is 13.1. The number of halogens is 1. The zero-order valence-electron chi connectivity index (χ0n) is 26.7. The molecule has 0 radical (unpaired) electrons. The van der Waals surface area contributed by atoms with Gasteiger partial charge >= 0.3 is 16.3 Å². The van der Waals surface area contributed by atoms with Crippen molar-refractivity contribution < 1.29 is 27.1 Å². The number of nitrogens with one attached hydrogen (secondary N) is 1. The average Bonchev–Trinajstić information content (AvgIpc) is 3.42. The van der Waals surface area contributed by atoms with Crippen molar-refractivity contribution in [2.24, 2.45) is 5.41 Å².